The van der Waals surface area contributed by atoms with Gasteiger partial charge >= 0.3 is 0 Å². The zero-order chi connectivity index (χ0) is 23.8. The number of pyridine rings is 1. The van der Waals surface area contributed by atoms with Gasteiger partial charge in [-0.15, -0.1) is 0 Å². The first-order valence-corrected chi connectivity index (χ1v) is 10.5. The standard InChI is InChI=1S/C22H22ClF2N7O/c1-12-18(19-29-17(30-21(23)31-19)9-22(2,27)11-26)32-8-4-7-16(20(32)28-12)33-10-13-14(24)5-3-6-15(13)25/h3-8H,9-11,26-27H2,1-2H3. The van der Waals surface area contributed by atoms with Crippen LogP contribution in [-0.2, 0) is 13.0 Å². The van der Waals surface area contributed by atoms with E-state index in [9.17, 15) is 8.78 Å². The van der Waals surface area contributed by atoms with Gasteiger partial charge in [-0.05, 0) is 49.7 Å². The van der Waals surface area contributed by atoms with Crippen LogP contribution in [0.25, 0.3) is 17.2 Å². The van der Waals surface area contributed by atoms with Crippen LogP contribution in [0.4, 0.5) is 8.78 Å². The van der Waals surface area contributed by atoms with Gasteiger partial charge in [0.25, 0.3) is 0 Å². The van der Waals surface area contributed by atoms with Gasteiger partial charge < -0.3 is 16.2 Å². The fourth-order valence-corrected chi connectivity index (χ4v) is 3.55. The second-order valence-corrected chi connectivity index (χ2v) is 8.32. The molecule has 0 saturated carbocycles. The quantitative estimate of drug-likeness (QED) is 0.423. The second-order valence-electron chi connectivity index (χ2n) is 7.98. The Bertz CT molecular complexity index is 1310. The number of imidazole rings is 1. The number of nitrogens with two attached hydrogens (primary N) is 2. The minimum absolute atomic E-state index is 0.0135. The zero-order valence-electron chi connectivity index (χ0n) is 18.0. The van der Waals surface area contributed by atoms with Crippen LogP contribution in [-0.4, -0.2) is 36.4 Å². The van der Waals surface area contributed by atoms with Crippen molar-refractivity contribution >= 4 is 17.2 Å². The van der Waals surface area contributed by atoms with Crippen LogP contribution in [0.3, 0.4) is 0 Å². The fraction of sp³-hybridized carbons (Fsp3) is 0.273. The first-order chi connectivity index (χ1) is 15.7. The number of hydrogen-bond acceptors (Lipinski definition) is 7. The molecule has 1 unspecified atom stereocenters. The number of rotatable bonds is 7. The van der Waals surface area contributed by atoms with E-state index in [4.69, 9.17) is 27.8 Å². The van der Waals surface area contributed by atoms with Crippen LogP contribution in [0.5, 0.6) is 5.75 Å². The predicted octanol–water partition coefficient (Wildman–Crippen LogP) is 3.22. The number of halogens is 3. The van der Waals surface area contributed by atoms with E-state index in [-0.39, 0.29) is 24.0 Å². The molecule has 0 bridgehead atoms. The van der Waals surface area contributed by atoms with E-state index < -0.39 is 17.2 Å². The average Bonchev–Trinajstić information content (AvgIpc) is 3.09. The van der Waals surface area contributed by atoms with Gasteiger partial charge in [-0.25, -0.2) is 23.7 Å². The smallest absolute Gasteiger partial charge is 0.226 e. The van der Waals surface area contributed by atoms with Gasteiger partial charge in [-0.1, -0.05) is 6.07 Å². The van der Waals surface area contributed by atoms with Gasteiger partial charge in [0.1, 0.15) is 29.8 Å². The third-order valence-electron chi connectivity index (χ3n) is 5.12. The van der Waals surface area contributed by atoms with E-state index in [1.807, 2.05) is 0 Å². The number of ether oxygens (including phenoxy) is 1. The van der Waals surface area contributed by atoms with Gasteiger partial charge in [0.15, 0.2) is 17.2 Å². The van der Waals surface area contributed by atoms with Crippen molar-refractivity contribution in [1.82, 2.24) is 24.3 Å². The molecule has 3 heterocycles. The molecule has 1 aromatic carbocycles. The summed E-state index contributed by atoms with van der Waals surface area (Å²) in [6.07, 6.45) is 2.06. The summed E-state index contributed by atoms with van der Waals surface area (Å²) in [5.74, 6) is -0.317. The predicted molar refractivity (Wildman–Crippen MR) is 120 cm³/mol. The molecule has 3 aromatic heterocycles. The highest BCUT2D eigenvalue weighted by molar-refractivity contribution is 6.28. The third kappa shape index (κ3) is 4.77. The summed E-state index contributed by atoms with van der Waals surface area (Å²) in [7, 11) is 0. The van der Waals surface area contributed by atoms with Gasteiger partial charge in [-0.2, -0.15) is 4.98 Å². The first-order valence-electron chi connectivity index (χ1n) is 10.1. The van der Waals surface area contributed by atoms with Crippen LogP contribution in [0.1, 0.15) is 24.0 Å². The molecule has 0 fully saturated rings. The Morgan fingerprint density at radius 2 is 1.82 bits per heavy atom. The Morgan fingerprint density at radius 1 is 1.09 bits per heavy atom. The Balaban J connectivity index is 1.73. The molecule has 4 N–H and O–H groups in total. The van der Waals surface area contributed by atoms with Crippen molar-refractivity contribution in [2.45, 2.75) is 32.4 Å². The van der Waals surface area contributed by atoms with Gasteiger partial charge in [-0.3, -0.25) is 4.40 Å². The summed E-state index contributed by atoms with van der Waals surface area (Å²) in [5.41, 5.74) is 12.6. The minimum atomic E-state index is -0.709. The molecule has 8 nitrogen and oxygen atoms in total. The van der Waals surface area contributed by atoms with Gasteiger partial charge in [0.2, 0.25) is 5.28 Å². The summed E-state index contributed by atoms with van der Waals surface area (Å²) < 4.78 is 35.4. The number of benzene rings is 1. The van der Waals surface area contributed by atoms with E-state index >= 15 is 0 Å². The lowest BCUT2D eigenvalue weighted by Crippen LogP contribution is -2.46. The summed E-state index contributed by atoms with van der Waals surface area (Å²) in [5, 5.41) is 0.0135. The normalized spacial score (nSPS) is 13.3. The molecular weight excluding hydrogens is 452 g/mol. The van der Waals surface area contributed by atoms with E-state index in [2.05, 4.69) is 19.9 Å². The molecule has 1 atom stereocenters. The Morgan fingerprint density at radius 3 is 2.52 bits per heavy atom. The molecule has 0 aliphatic carbocycles. The molecular formula is C22H22ClF2N7O. The van der Waals surface area contributed by atoms with Crippen molar-refractivity contribution in [3.8, 4) is 17.3 Å². The van der Waals surface area contributed by atoms with Crippen molar-refractivity contribution in [3.05, 3.63) is 70.5 Å². The summed E-state index contributed by atoms with van der Waals surface area (Å²) in [6.45, 7) is 3.53. The second kappa shape index (κ2) is 8.97. The zero-order valence-corrected chi connectivity index (χ0v) is 18.8. The van der Waals surface area contributed by atoms with Crippen LogP contribution in [0.2, 0.25) is 5.28 Å². The maximum atomic E-state index is 14.0. The summed E-state index contributed by atoms with van der Waals surface area (Å²) >= 11 is 6.16. The van der Waals surface area contributed by atoms with Crippen molar-refractivity contribution in [3.63, 3.8) is 0 Å². The number of nitrogens with zero attached hydrogens (tertiary/aromatic N) is 5. The molecule has 33 heavy (non-hydrogen) atoms. The molecule has 4 aromatic rings. The molecule has 0 amide bonds. The number of aryl methyl sites for hydroxylation is 1. The maximum absolute atomic E-state index is 14.0. The summed E-state index contributed by atoms with van der Waals surface area (Å²) in [4.78, 5) is 17.5. The lowest BCUT2D eigenvalue weighted by atomic mass is 9.99. The molecule has 0 radical (unpaired) electrons. The van der Waals surface area contributed by atoms with Crippen molar-refractivity contribution < 1.29 is 13.5 Å². The summed E-state index contributed by atoms with van der Waals surface area (Å²) in [6, 6.07) is 7.05. The van der Waals surface area contributed by atoms with Crippen molar-refractivity contribution in [2.75, 3.05) is 6.54 Å². The largest absolute Gasteiger partial charge is 0.485 e. The van der Waals surface area contributed by atoms with Crippen molar-refractivity contribution in [1.29, 1.82) is 0 Å². The first kappa shape index (κ1) is 23.0. The van der Waals surface area contributed by atoms with Crippen LogP contribution < -0.4 is 16.2 Å². The van der Waals surface area contributed by atoms with E-state index in [0.717, 1.165) is 0 Å². The topological polar surface area (TPSA) is 117 Å². The number of fused-ring (bicyclic) bond motifs is 1. The fourth-order valence-electron chi connectivity index (χ4n) is 3.37. The molecule has 0 aliphatic rings. The van der Waals surface area contributed by atoms with Crippen LogP contribution >= 0.6 is 11.6 Å². The lowest BCUT2D eigenvalue weighted by Gasteiger charge is -2.21. The van der Waals surface area contributed by atoms with E-state index in [1.165, 1.54) is 18.2 Å². The Hall–Kier alpha value is -3.21. The number of hydrogen-bond donors (Lipinski definition) is 2. The average molecular weight is 474 g/mol. The minimum Gasteiger partial charge on any atom is -0.485 e. The SMILES string of the molecule is Cc1nc2c(OCc3c(F)cccc3F)cccn2c1-c1nc(Cl)nc(CC(C)(N)CN)n1. The van der Waals surface area contributed by atoms with Gasteiger partial charge in [0.05, 0.1) is 11.3 Å². The van der Waals surface area contributed by atoms with Gasteiger partial charge in [0, 0.05) is 24.7 Å². The molecule has 0 saturated heterocycles. The molecule has 4 rings (SSSR count). The lowest BCUT2D eigenvalue weighted by molar-refractivity contribution is 0.294. The Labute approximate surface area is 193 Å². The van der Waals surface area contributed by atoms with Crippen LogP contribution in [0, 0.1) is 18.6 Å². The monoisotopic (exact) mass is 473 g/mol. The maximum Gasteiger partial charge on any atom is 0.226 e. The molecule has 11 heteroatoms. The van der Waals surface area contributed by atoms with Crippen molar-refractivity contribution in [2.24, 2.45) is 11.5 Å². The molecule has 0 aliphatic heterocycles. The van der Waals surface area contributed by atoms with Crippen LogP contribution in [0.15, 0.2) is 36.5 Å². The highest BCUT2D eigenvalue weighted by Gasteiger charge is 2.22. The van der Waals surface area contributed by atoms with E-state index in [1.54, 1.807) is 36.6 Å². The Kier molecular flexibility index (Phi) is 6.24. The highest BCUT2D eigenvalue weighted by atomic mass is 35.5. The van der Waals surface area contributed by atoms with E-state index in [0.29, 0.717) is 40.9 Å². The highest BCUT2D eigenvalue weighted by Crippen LogP contribution is 2.29. The molecule has 0 spiro atoms. The molecule has 172 valence electrons. The number of aromatic nitrogens is 5. The third-order valence-corrected chi connectivity index (χ3v) is 5.29.